The summed E-state index contributed by atoms with van der Waals surface area (Å²) >= 11 is 0. The number of aliphatic carboxylic acids is 1. The zero-order chi connectivity index (χ0) is 8.36. The molecule has 10 heteroatoms. The SMILES string of the molecule is O=C([O-])CP(=O)([O-])C(=O)[O-].[Na+].[Na+].[Na+]. The predicted octanol–water partition coefficient (Wildman–Crippen LogP) is -12.3. The second kappa shape index (κ2) is 10.6. The molecule has 58 valence electrons. The third-order valence-electron chi connectivity index (χ3n) is 0.615. The van der Waals surface area contributed by atoms with E-state index < -0.39 is 25.2 Å². The summed E-state index contributed by atoms with van der Waals surface area (Å²) in [5.41, 5.74) is -2.38. The summed E-state index contributed by atoms with van der Waals surface area (Å²) in [7, 11) is -4.93. The Balaban J connectivity index is -0.000000135. The van der Waals surface area contributed by atoms with Crippen molar-refractivity contribution in [3.8, 4) is 0 Å². The van der Waals surface area contributed by atoms with E-state index in [0.29, 0.717) is 0 Å². The summed E-state index contributed by atoms with van der Waals surface area (Å²) in [5.74, 6) is -1.96. The van der Waals surface area contributed by atoms with E-state index in [1.54, 1.807) is 0 Å². The second-order valence-corrected chi connectivity index (χ2v) is 3.50. The second-order valence-electron chi connectivity index (χ2n) is 1.47. The average Bonchev–Trinajstić information content (AvgIpc) is 1.60. The van der Waals surface area contributed by atoms with E-state index in [0.717, 1.165) is 0 Å². The number of carbonyl (C=O) groups excluding carboxylic acids is 2. The van der Waals surface area contributed by atoms with Crippen molar-refractivity contribution < 1.29 is 118 Å². The molecule has 6 nitrogen and oxygen atoms in total. The van der Waals surface area contributed by atoms with Crippen molar-refractivity contribution in [3.05, 3.63) is 0 Å². The van der Waals surface area contributed by atoms with Gasteiger partial charge in [0.15, 0.2) is 0 Å². The maximum atomic E-state index is 10.1. The van der Waals surface area contributed by atoms with Crippen LogP contribution < -0.4 is 104 Å². The Labute approximate surface area is 141 Å². The minimum atomic E-state index is -4.93. The van der Waals surface area contributed by atoms with Crippen molar-refractivity contribution in [3.63, 3.8) is 0 Å². The van der Waals surface area contributed by atoms with Crippen LogP contribution in [0.15, 0.2) is 0 Å². The molecule has 0 aliphatic rings. The third-order valence-corrected chi connectivity index (χ3v) is 1.85. The topological polar surface area (TPSA) is 120 Å². The van der Waals surface area contributed by atoms with Gasteiger partial charge < -0.3 is 29.3 Å². The molecular weight excluding hydrogens is 232 g/mol. The summed E-state index contributed by atoms with van der Waals surface area (Å²) < 4.78 is 10.1. The number of carboxylic acid groups (broad SMARTS) is 2. The quantitative estimate of drug-likeness (QED) is 0.353. The first-order valence-electron chi connectivity index (χ1n) is 2.08. The minimum absolute atomic E-state index is 0. The molecular formula is C3H2Na3O6P. The maximum Gasteiger partial charge on any atom is 1.00 e. The van der Waals surface area contributed by atoms with Gasteiger partial charge in [0, 0.05) is 12.1 Å². The molecule has 0 bridgehead atoms. The fourth-order valence-electron chi connectivity index (χ4n) is 0.235. The molecule has 1 atom stereocenters. The van der Waals surface area contributed by atoms with Crippen molar-refractivity contribution >= 4 is 19.0 Å². The van der Waals surface area contributed by atoms with Gasteiger partial charge >= 0.3 is 88.7 Å². The first-order chi connectivity index (χ1) is 4.36. The monoisotopic (exact) mass is 234 g/mol. The summed E-state index contributed by atoms with van der Waals surface area (Å²) in [6.07, 6.45) is -1.52. The van der Waals surface area contributed by atoms with Crippen molar-refractivity contribution in [1.29, 1.82) is 0 Å². The smallest absolute Gasteiger partial charge is 0.795 e. The summed E-state index contributed by atoms with van der Waals surface area (Å²) in [5, 5.41) is 19.1. The van der Waals surface area contributed by atoms with Crippen LogP contribution in [0, 0.1) is 0 Å². The number of hydrogen-bond donors (Lipinski definition) is 0. The zero-order valence-corrected chi connectivity index (χ0v) is 14.5. The van der Waals surface area contributed by atoms with Crippen LogP contribution >= 0.6 is 7.37 Å². The van der Waals surface area contributed by atoms with Gasteiger partial charge in [0.1, 0.15) is 0 Å². The standard InChI is InChI=1S/C3H5O6P.3Na/c4-2(5)1-10(8,9)3(6)7;;;/h1H2,(H,4,5)(H,6,7)(H,8,9);;;/q;3*+1/p-3. The molecule has 0 aromatic rings. The Hall–Kier alpha value is 2.13. The van der Waals surface area contributed by atoms with E-state index >= 15 is 0 Å². The molecule has 0 aromatic heterocycles. The van der Waals surface area contributed by atoms with Gasteiger partial charge in [-0.05, 0) is 0 Å². The Morgan fingerprint density at radius 1 is 1.08 bits per heavy atom. The van der Waals surface area contributed by atoms with Crippen LogP contribution in [-0.4, -0.2) is 17.8 Å². The first kappa shape index (κ1) is 24.4. The van der Waals surface area contributed by atoms with Gasteiger partial charge in [0.25, 0.3) is 0 Å². The van der Waals surface area contributed by atoms with Crippen LogP contribution in [0.3, 0.4) is 0 Å². The van der Waals surface area contributed by atoms with Gasteiger partial charge in [-0.1, -0.05) is 0 Å². The van der Waals surface area contributed by atoms with Gasteiger partial charge in [0.2, 0.25) is 0 Å². The Kier molecular flexibility index (Phi) is 20.0. The molecule has 0 radical (unpaired) electrons. The van der Waals surface area contributed by atoms with E-state index in [2.05, 4.69) is 0 Å². The van der Waals surface area contributed by atoms with Gasteiger partial charge in [-0.25, -0.2) is 0 Å². The van der Waals surface area contributed by atoms with Crippen molar-refractivity contribution in [2.75, 3.05) is 6.16 Å². The fraction of sp³-hybridized carbons (Fsp3) is 0.333. The first-order valence-corrected chi connectivity index (χ1v) is 3.88. The van der Waals surface area contributed by atoms with Gasteiger partial charge in [-0.3, -0.25) is 0 Å². The van der Waals surface area contributed by atoms with Gasteiger partial charge in [-0.2, -0.15) is 0 Å². The molecule has 13 heavy (non-hydrogen) atoms. The molecule has 0 amide bonds. The predicted molar refractivity (Wildman–Crippen MR) is 22.9 cm³/mol. The van der Waals surface area contributed by atoms with Crippen LogP contribution in [0.5, 0.6) is 0 Å². The number of carboxylic acids is 1. The third kappa shape index (κ3) is 12.1. The van der Waals surface area contributed by atoms with Crippen molar-refractivity contribution in [2.24, 2.45) is 0 Å². The van der Waals surface area contributed by atoms with E-state index in [9.17, 15) is 29.3 Å². The summed E-state index contributed by atoms with van der Waals surface area (Å²) in [6.45, 7) is 0. The number of hydrogen-bond acceptors (Lipinski definition) is 6. The van der Waals surface area contributed by atoms with Gasteiger partial charge in [0.05, 0.1) is 13.1 Å². The van der Waals surface area contributed by atoms with Crippen molar-refractivity contribution in [2.45, 2.75) is 0 Å². The van der Waals surface area contributed by atoms with Crippen LogP contribution in [0.2, 0.25) is 0 Å². The van der Waals surface area contributed by atoms with E-state index in [1.165, 1.54) is 0 Å². The Bertz CT molecular complexity index is 217. The number of rotatable bonds is 3. The summed E-state index contributed by atoms with van der Waals surface area (Å²) in [6, 6.07) is 0. The molecule has 0 N–H and O–H groups in total. The number of carbonyl (C=O) groups is 2. The molecule has 0 saturated heterocycles. The van der Waals surface area contributed by atoms with Crippen molar-refractivity contribution in [1.82, 2.24) is 0 Å². The van der Waals surface area contributed by atoms with Gasteiger partial charge in [-0.15, -0.1) is 0 Å². The normalized spacial score (nSPS) is 12.1. The molecule has 0 aromatic carbocycles. The molecule has 0 aliphatic carbocycles. The molecule has 0 aliphatic heterocycles. The van der Waals surface area contributed by atoms with Crippen LogP contribution in [0.25, 0.3) is 0 Å². The molecule has 0 heterocycles. The molecule has 0 spiro atoms. The van der Waals surface area contributed by atoms with E-state index in [1.807, 2.05) is 0 Å². The largest absolute Gasteiger partial charge is 1.00 e. The van der Waals surface area contributed by atoms with Crippen LogP contribution in [-0.2, 0) is 9.36 Å². The molecule has 0 saturated carbocycles. The average molecular weight is 234 g/mol. The fourth-order valence-corrected chi connectivity index (χ4v) is 0.704. The minimum Gasteiger partial charge on any atom is -0.795 e. The van der Waals surface area contributed by atoms with Crippen LogP contribution in [0.4, 0.5) is 4.79 Å². The molecule has 0 rings (SSSR count). The Morgan fingerprint density at radius 2 is 1.38 bits per heavy atom. The van der Waals surface area contributed by atoms with E-state index in [-0.39, 0.29) is 88.7 Å². The molecule has 0 fully saturated rings. The Morgan fingerprint density at radius 3 is 1.46 bits per heavy atom. The zero-order valence-electron chi connectivity index (χ0n) is 7.60. The maximum absolute atomic E-state index is 10.1. The summed E-state index contributed by atoms with van der Waals surface area (Å²) in [4.78, 5) is 29.2. The van der Waals surface area contributed by atoms with E-state index in [4.69, 9.17) is 0 Å². The molecule has 1 unspecified atom stereocenters. The van der Waals surface area contributed by atoms with Crippen LogP contribution in [0.1, 0.15) is 0 Å².